The minimum Gasteiger partial charge on any atom is -0.462 e. The van der Waals surface area contributed by atoms with E-state index in [0.29, 0.717) is 29.2 Å². The van der Waals surface area contributed by atoms with E-state index < -0.39 is 21.9 Å². The number of hydrogen-bond donors (Lipinski definition) is 1. The average Bonchev–Trinajstić information content (AvgIpc) is 3.24. The molecule has 0 fully saturated rings. The first-order chi connectivity index (χ1) is 15.8. The van der Waals surface area contributed by atoms with Gasteiger partial charge in [-0.1, -0.05) is 44.2 Å². The van der Waals surface area contributed by atoms with Gasteiger partial charge in [0.05, 0.1) is 11.5 Å². The Morgan fingerprint density at radius 2 is 1.61 bits per heavy atom. The Morgan fingerprint density at radius 3 is 2.18 bits per heavy atom. The lowest BCUT2D eigenvalue weighted by molar-refractivity contribution is 0.0529. The van der Waals surface area contributed by atoms with E-state index in [0.717, 1.165) is 5.56 Å². The highest BCUT2D eigenvalue weighted by Crippen LogP contribution is 2.36. The maximum absolute atomic E-state index is 12.9. The molecule has 174 valence electrons. The van der Waals surface area contributed by atoms with Crippen LogP contribution in [0, 0.1) is 0 Å². The summed E-state index contributed by atoms with van der Waals surface area (Å²) < 4.78 is 31.9. The van der Waals surface area contributed by atoms with Crippen LogP contribution in [-0.2, 0) is 14.8 Å². The molecule has 1 amide bonds. The highest BCUT2D eigenvalue weighted by atomic mass is 32.2. The van der Waals surface area contributed by atoms with E-state index in [1.807, 2.05) is 30.3 Å². The lowest BCUT2D eigenvalue weighted by Gasteiger charge is -2.18. The van der Waals surface area contributed by atoms with Gasteiger partial charge in [0, 0.05) is 29.6 Å². The van der Waals surface area contributed by atoms with E-state index in [4.69, 9.17) is 4.74 Å². The Morgan fingerprint density at radius 1 is 0.970 bits per heavy atom. The van der Waals surface area contributed by atoms with Crippen molar-refractivity contribution in [3.05, 3.63) is 71.1 Å². The number of thiophene rings is 1. The Kier molecular flexibility index (Phi) is 8.01. The fourth-order valence-electron chi connectivity index (χ4n) is 3.35. The standard InChI is InChI=1S/C24H26N2O5S2/c1-4-26(5-2)33(29,30)19-14-12-18(13-15-19)22(27)25-23-21(24(28)31-6-3)20(16-32-23)17-10-8-7-9-11-17/h7-16H,4-6H2,1-3H3,(H,25,27). The first-order valence-corrected chi connectivity index (χ1v) is 12.9. The van der Waals surface area contributed by atoms with Gasteiger partial charge < -0.3 is 10.1 Å². The third kappa shape index (κ3) is 5.32. The monoisotopic (exact) mass is 486 g/mol. The van der Waals surface area contributed by atoms with Crippen LogP contribution in [0.2, 0.25) is 0 Å². The second-order valence-electron chi connectivity index (χ2n) is 7.01. The summed E-state index contributed by atoms with van der Waals surface area (Å²) in [5.41, 5.74) is 2.08. The lowest BCUT2D eigenvalue weighted by atomic mass is 10.0. The van der Waals surface area contributed by atoms with Gasteiger partial charge in [-0.3, -0.25) is 4.79 Å². The zero-order valence-corrected chi connectivity index (χ0v) is 20.3. The molecule has 0 saturated heterocycles. The predicted molar refractivity (Wildman–Crippen MR) is 130 cm³/mol. The van der Waals surface area contributed by atoms with E-state index in [9.17, 15) is 18.0 Å². The summed E-state index contributed by atoms with van der Waals surface area (Å²) in [6.45, 7) is 6.19. The van der Waals surface area contributed by atoms with Gasteiger partial charge in [-0.05, 0) is 36.8 Å². The summed E-state index contributed by atoms with van der Waals surface area (Å²) >= 11 is 1.23. The summed E-state index contributed by atoms with van der Waals surface area (Å²) in [5, 5.41) is 4.95. The van der Waals surface area contributed by atoms with Crippen LogP contribution < -0.4 is 5.32 Å². The summed E-state index contributed by atoms with van der Waals surface area (Å²) in [6.07, 6.45) is 0. The molecule has 1 N–H and O–H groups in total. The molecule has 33 heavy (non-hydrogen) atoms. The largest absolute Gasteiger partial charge is 0.462 e. The molecule has 0 spiro atoms. The van der Waals surface area contributed by atoms with Crippen LogP contribution in [0.1, 0.15) is 41.5 Å². The number of rotatable bonds is 9. The van der Waals surface area contributed by atoms with Crippen molar-refractivity contribution in [2.45, 2.75) is 25.7 Å². The molecule has 0 radical (unpaired) electrons. The van der Waals surface area contributed by atoms with Crippen LogP contribution in [0.5, 0.6) is 0 Å². The van der Waals surface area contributed by atoms with Crippen molar-refractivity contribution in [3.8, 4) is 11.1 Å². The fraction of sp³-hybridized carbons (Fsp3) is 0.250. The molecule has 9 heteroatoms. The number of benzene rings is 2. The van der Waals surface area contributed by atoms with Gasteiger partial charge in [0.25, 0.3) is 5.91 Å². The topological polar surface area (TPSA) is 92.8 Å². The molecular formula is C24H26N2O5S2. The molecule has 0 aliphatic heterocycles. The van der Waals surface area contributed by atoms with Crippen LogP contribution in [0.15, 0.2) is 64.9 Å². The number of ether oxygens (including phenoxy) is 1. The molecular weight excluding hydrogens is 460 g/mol. The first-order valence-electron chi connectivity index (χ1n) is 10.6. The predicted octanol–water partition coefficient (Wildman–Crippen LogP) is 4.87. The van der Waals surface area contributed by atoms with Crippen molar-refractivity contribution in [3.63, 3.8) is 0 Å². The summed E-state index contributed by atoms with van der Waals surface area (Å²) in [6, 6.07) is 15.1. The van der Waals surface area contributed by atoms with Gasteiger partial charge in [0.2, 0.25) is 10.0 Å². The van der Waals surface area contributed by atoms with Crippen molar-refractivity contribution in [2.75, 3.05) is 25.0 Å². The number of carbonyl (C=O) groups excluding carboxylic acids is 2. The number of esters is 1. The van der Waals surface area contributed by atoms with Crippen LogP contribution in [0.25, 0.3) is 11.1 Å². The van der Waals surface area contributed by atoms with Gasteiger partial charge in [-0.25, -0.2) is 13.2 Å². The van der Waals surface area contributed by atoms with E-state index in [1.165, 1.54) is 39.9 Å². The molecule has 1 aromatic heterocycles. The minimum atomic E-state index is -3.61. The minimum absolute atomic E-state index is 0.123. The molecule has 0 saturated carbocycles. The van der Waals surface area contributed by atoms with Crippen molar-refractivity contribution in [2.24, 2.45) is 0 Å². The Bertz CT molecular complexity index is 1220. The van der Waals surface area contributed by atoms with Crippen molar-refractivity contribution in [1.29, 1.82) is 0 Å². The third-order valence-electron chi connectivity index (χ3n) is 5.04. The maximum Gasteiger partial charge on any atom is 0.341 e. The normalized spacial score (nSPS) is 11.4. The molecule has 0 unspecified atom stereocenters. The number of hydrogen-bond acceptors (Lipinski definition) is 6. The van der Waals surface area contributed by atoms with Crippen molar-refractivity contribution in [1.82, 2.24) is 4.31 Å². The molecule has 0 bridgehead atoms. The maximum atomic E-state index is 12.9. The van der Waals surface area contributed by atoms with Gasteiger partial charge in [-0.2, -0.15) is 4.31 Å². The van der Waals surface area contributed by atoms with Crippen LogP contribution in [0.4, 0.5) is 5.00 Å². The molecule has 3 aromatic rings. The van der Waals surface area contributed by atoms with Crippen molar-refractivity contribution >= 4 is 38.2 Å². The zero-order chi connectivity index (χ0) is 24.0. The van der Waals surface area contributed by atoms with Gasteiger partial charge in [0.1, 0.15) is 10.6 Å². The Balaban J connectivity index is 1.89. The van der Waals surface area contributed by atoms with Crippen LogP contribution in [-0.4, -0.2) is 44.3 Å². The van der Waals surface area contributed by atoms with E-state index >= 15 is 0 Å². The smallest absolute Gasteiger partial charge is 0.341 e. The second-order valence-corrected chi connectivity index (χ2v) is 9.83. The van der Waals surface area contributed by atoms with Gasteiger partial charge in [-0.15, -0.1) is 11.3 Å². The van der Waals surface area contributed by atoms with Crippen LogP contribution >= 0.6 is 11.3 Å². The Labute approximate surface area is 198 Å². The number of anilines is 1. The second kappa shape index (κ2) is 10.7. The van der Waals surface area contributed by atoms with E-state index in [1.54, 1.807) is 26.2 Å². The summed E-state index contributed by atoms with van der Waals surface area (Å²) in [5.74, 6) is -0.970. The van der Waals surface area contributed by atoms with E-state index in [-0.39, 0.29) is 17.1 Å². The molecule has 0 atom stereocenters. The number of sulfonamides is 1. The zero-order valence-electron chi connectivity index (χ0n) is 18.7. The molecule has 0 aliphatic rings. The molecule has 0 aliphatic carbocycles. The van der Waals surface area contributed by atoms with Crippen molar-refractivity contribution < 1.29 is 22.7 Å². The van der Waals surface area contributed by atoms with Gasteiger partial charge in [0.15, 0.2) is 0 Å². The SMILES string of the molecule is CCOC(=O)c1c(-c2ccccc2)csc1NC(=O)c1ccc(S(=O)(=O)N(CC)CC)cc1. The van der Waals surface area contributed by atoms with Crippen LogP contribution in [0.3, 0.4) is 0 Å². The molecule has 7 nitrogen and oxygen atoms in total. The number of nitrogens with one attached hydrogen (secondary N) is 1. The number of amides is 1. The molecule has 2 aromatic carbocycles. The first kappa shape index (κ1) is 24.6. The fourth-order valence-corrected chi connectivity index (χ4v) is 5.76. The third-order valence-corrected chi connectivity index (χ3v) is 8.00. The van der Waals surface area contributed by atoms with E-state index in [2.05, 4.69) is 5.32 Å². The number of carbonyl (C=O) groups is 2. The summed E-state index contributed by atoms with van der Waals surface area (Å²) in [4.78, 5) is 25.7. The molecule has 1 heterocycles. The lowest BCUT2D eigenvalue weighted by Crippen LogP contribution is -2.30. The summed E-state index contributed by atoms with van der Waals surface area (Å²) in [7, 11) is -3.61. The highest BCUT2D eigenvalue weighted by Gasteiger charge is 2.24. The quantitative estimate of drug-likeness (QED) is 0.436. The molecule has 3 rings (SSSR count). The average molecular weight is 487 g/mol. The van der Waals surface area contributed by atoms with Gasteiger partial charge >= 0.3 is 5.97 Å². The number of nitrogens with zero attached hydrogens (tertiary/aromatic N) is 1. The Hall–Kier alpha value is -3.01. The highest BCUT2D eigenvalue weighted by molar-refractivity contribution is 7.89.